The molecule has 5 nitrogen and oxygen atoms in total. The zero-order valence-corrected chi connectivity index (χ0v) is 16.6. The standard InChI is InChI=1S/C19H25Cl2N3O2/c1-2-9-24(19(26)23-10-3-4-18(23)25)22-11-7-14(8-12-22)15-5-6-16(20)17(21)13-15/h5-6,13-14H,2-4,7-12H2,1H3. The number of hydrogen-bond donors (Lipinski definition) is 0. The van der Waals surface area contributed by atoms with E-state index in [1.165, 1.54) is 10.5 Å². The van der Waals surface area contributed by atoms with Gasteiger partial charge >= 0.3 is 6.03 Å². The van der Waals surface area contributed by atoms with Crippen molar-refractivity contribution >= 4 is 35.1 Å². The van der Waals surface area contributed by atoms with Crippen molar-refractivity contribution in [2.45, 2.75) is 44.9 Å². The van der Waals surface area contributed by atoms with Gasteiger partial charge in [-0.25, -0.2) is 9.80 Å². The van der Waals surface area contributed by atoms with Crippen LogP contribution in [0.4, 0.5) is 4.79 Å². The van der Waals surface area contributed by atoms with Gasteiger partial charge in [0.25, 0.3) is 0 Å². The van der Waals surface area contributed by atoms with Gasteiger partial charge in [0.2, 0.25) is 5.91 Å². The van der Waals surface area contributed by atoms with Gasteiger partial charge in [-0.15, -0.1) is 0 Å². The number of urea groups is 1. The number of carbonyl (C=O) groups is 2. The SMILES string of the molecule is CCCN(C(=O)N1CCCC1=O)N1CCC(c2ccc(Cl)c(Cl)c2)CC1. The maximum atomic E-state index is 12.8. The van der Waals surface area contributed by atoms with E-state index in [2.05, 4.69) is 11.9 Å². The lowest BCUT2D eigenvalue weighted by Gasteiger charge is -2.41. The second kappa shape index (κ2) is 8.59. The lowest BCUT2D eigenvalue weighted by Crippen LogP contribution is -2.54. The molecule has 0 atom stereocenters. The molecule has 1 aromatic carbocycles. The fourth-order valence-electron chi connectivity index (χ4n) is 3.77. The van der Waals surface area contributed by atoms with Crippen LogP contribution in [0, 0.1) is 0 Å². The summed E-state index contributed by atoms with van der Waals surface area (Å²) < 4.78 is 0. The molecule has 2 fully saturated rings. The molecule has 0 aliphatic carbocycles. The van der Waals surface area contributed by atoms with E-state index in [9.17, 15) is 9.59 Å². The summed E-state index contributed by atoms with van der Waals surface area (Å²) in [5, 5.41) is 5.03. The molecule has 0 bridgehead atoms. The number of piperidine rings is 1. The Labute approximate surface area is 164 Å². The molecule has 2 aliphatic heterocycles. The monoisotopic (exact) mass is 397 g/mol. The van der Waals surface area contributed by atoms with Gasteiger partial charge in [0, 0.05) is 32.6 Å². The van der Waals surface area contributed by atoms with E-state index < -0.39 is 0 Å². The van der Waals surface area contributed by atoms with E-state index in [0.717, 1.165) is 38.8 Å². The molecule has 0 N–H and O–H groups in total. The summed E-state index contributed by atoms with van der Waals surface area (Å²) in [6.45, 7) is 4.81. The number of halogens is 2. The molecule has 26 heavy (non-hydrogen) atoms. The van der Waals surface area contributed by atoms with Gasteiger partial charge in [0.1, 0.15) is 0 Å². The lowest BCUT2D eigenvalue weighted by molar-refractivity contribution is -0.126. The third-order valence-electron chi connectivity index (χ3n) is 5.19. The minimum Gasteiger partial charge on any atom is -0.274 e. The van der Waals surface area contributed by atoms with Crippen LogP contribution < -0.4 is 0 Å². The van der Waals surface area contributed by atoms with Crippen molar-refractivity contribution < 1.29 is 9.59 Å². The van der Waals surface area contributed by atoms with Crippen LogP contribution in [0.5, 0.6) is 0 Å². The molecule has 2 heterocycles. The average molecular weight is 398 g/mol. The van der Waals surface area contributed by atoms with Gasteiger partial charge < -0.3 is 0 Å². The molecule has 0 saturated carbocycles. The fraction of sp³-hybridized carbons (Fsp3) is 0.579. The highest BCUT2D eigenvalue weighted by Gasteiger charge is 2.34. The summed E-state index contributed by atoms with van der Waals surface area (Å²) in [7, 11) is 0. The topological polar surface area (TPSA) is 43.9 Å². The summed E-state index contributed by atoms with van der Waals surface area (Å²) in [4.78, 5) is 26.2. The summed E-state index contributed by atoms with van der Waals surface area (Å²) in [5.74, 6) is 0.356. The molecule has 2 aliphatic rings. The molecule has 2 saturated heterocycles. The first-order valence-electron chi connectivity index (χ1n) is 9.33. The summed E-state index contributed by atoms with van der Waals surface area (Å²) in [6.07, 6.45) is 3.99. The van der Waals surface area contributed by atoms with Crippen LogP contribution in [0.2, 0.25) is 10.0 Å². The minimum atomic E-state index is -0.165. The number of hydrogen-bond acceptors (Lipinski definition) is 3. The van der Waals surface area contributed by atoms with Crippen molar-refractivity contribution in [3.8, 4) is 0 Å². The molecule has 142 valence electrons. The predicted molar refractivity (Wildman–Crippen MR) is 103 cm³/mol. The molecule has 0 spiro atoms. The van der Waals surface area contributed by atoms with Crippen molar-refractivity contribution in [2.75, 3.05) is 26.2 Å². The Morgan fingerprint density at radius 2 is 1.92 bits per heavy atom. The number of amides is 3. The highest BCUT2D eigenvalue weighted by atomic mass is 35.5. The Morgan fingerprint density at radius 1 is 1.19 bits per heavy atom. The molecule has 0 radical (unpaired) electrons. The largest absolute Gasteiger partial charge is 0.341 e. The average Bonchev–Trinajstić information content (AvgIpc) is 3.08. The number of carbonyl (C=O) groups excluding carboxylic acids is 2. The van der Waals surface area contributed by atoms with Crippen molar-refractivity contribution in [1.82, 2.24) is 14.9 Å². The number of rotatable bonds is 4. The van der Waals surface area contributed by atoms with Crippen LogP contribution in [-0.4, -0.2) is 53.0 Å². The van der Waals surface area contributed by atoms with Gasteiger partial charge in [0.05, 0.1) is 10.0 Å². The second-order valence-electron chi connectivity index (χ2n) is 6.96. The van der Waals surface area contributed by atoms with Gasteiger partial charge in [-0.3, -0.25) is 14.7 Å². The second-order valence-corrected chi connectivity index (χ2v) is 7.77. The molecular weight excluding hydrogens is 373 g/mol. The normalized spacial score (nSPS) is 19.2. The van der Waals surface area contributed by atoms with Crippen molar-refractivity contribution in [1.29, 1.82) is 0 Å². The molecule has 3 amide bonds. The van der Waals surface area contributed by atoms with Crippen LogP contribution in [-0.2, 0) is 4.79 Å². The van der Waals surface area contributed by atoms with Gasteiger partial charge in [-0.1, -0.05) is 36.2 Å². The number of hydrazine groups is 1. The molecule has 7 heteroatoms. The van der Waals surface area contributed by atoms with Gasteiger partial charge in [-0.05, 0) is 49.3 Å². The number of imide groups is 1. The minimum absolute atomic E-state index is 0.0539. The zero-order valence-electron chi connectivity index (χ0n) is 15.1. The van der Waals surface area contributed by atoms with Crippen molar-refractivity contribution in [3.05, 3.63) is 33.8 Å². The molecule has 3 rings (SSSR count). The van der Waals surface area contributed by atoms with Crippen molar-refractivity contribution in [2.24, 2.45) is 0 Å². The van der Waals surface area contributed by atoms with Crippen LogP contribution in [0.25, 0.3) is 0 Å². The van der Waals surface area contributed by atoms with Crippen molar-refractivity contribution in [3.63, 3.8) is 0 Å². The van der Waals surface area contributed by atoms with E-state index >= 15 is 0 Å². The zero-order chi connectivity index (χ0) is 18.7. The first-order chi connectivity index (χ1) is 12.5. The quantitative estimate of drug-likeness (QED) is 0.748. The van der Waals surface area contributed by atoms with E-state index in [4.69, 9.17) is 23.2 Å². The van der Waals surface area contributed by atoms with Crippen LogP contribution in [0.3, 0.4) is 0 Å². The smallest absolute Gasteiger partial charge is 0.274 e. The van der Waals surface area contributed by atoms with Crippen LogP contribution in [0.15, 0.2) is 18.2 Å². The number of likely N-dealkylation sites (tertiary alicyclic amines) is 1. The van der Waals surface area contributed by atoms with E-state index in [-0.39, 0.29) is 11.9 Å². The van der Waals surface area contributed by atoms with E-state index in [1.807, 2.05) is 18.2 Å². The fourth-order valence-corrected chi connectivity index (χ4v) is 4.07. The van der Waals surface area contributed by atoms with E-state index in [1.54, 1.807) is 5.01 Å². The first-order valence-corrected chi connectivity index (χ1v) is 10.1. The Balaban J connectivity index is 1.65. The summed E-state index contributed by atoms with van der Waals surface area (Å²) in [5.41, 5.74) is 1.20. The molecule has 0 aromatic heterocycles. The van der Waals surface area contributed by atoms with Crippen LogP contribution >= 0.6 is 23.2 Å². The van der Waals surface area contributed by atoms with Gasteiger partial charge in [-0.2, -0.15) is 0 Å². The highest BCUT2D eigenvalue weighted by molar-refractivity contribution is 6.42. The Bertz CT molecular complexity index is 675. The highest BCUT2D eigenvalue weighted by Crippen LogP contribution is 2.33. The maximum Gasteiger partial charge on any atom is 0.341 e. The molecular formula is C19H25Cl2N3O2. The number of benzene rings is 1. The third kappa shape index (κ3) is 4.16. The van der Waals surface area contributed by atoms with E-state index in [0.29, 0.717) is 35.5 Å². The van der Waals surface area contributed by atoms with Gasteiger partial charge in [0.15, 0.2) is 0 Å². The maximum absolute atomic E-state index is 12.8. The van der Waals surface area contributed by atoms with Crippen LogP contribution in [0.1, 0.15) is 50.5 Å². The first kappa shape index (κ1) is 19.5. The number of nitrogens with zero attached hydrogens (tertiary/aromatic N) is 3. The lowest BCUT2D eigenvalue weighted by atomic mass is 9.90. The molecule has 0 unspecified atom stereocenters. The molecule has 1 aromatic rings. The Hall–Kier alpha value is -1.30. The summed E-state index contributed by atoms with van der Waals surface area (Å²) >= 11 is 12.2. The summed E-state index contributed by atoms with van der Waals surface area (Å²) in [6, 6.07) is 5.66. The third-order valence-corrected chi connectivity index (χ3v) is 5.93. The Kier molecular flexibility index (Phi) is 6.43. The predicted octanol–water partition coefficient (Wildman–Crippen LogP) is 4.54. The Morgan fingerprint density at radius 3 is 2.50 bits per heavy atom.